The van der Waals surface area contributed by atoms with E-state index in [0.29, 0.717) is 17.9 Å². The van der Waals surface area contributed by atoms with Crippen LogP contribution in [0.15, 0.2) is 53.4 Å². The van der Waals surface area contributed by atoms with E-state index in [0.717, 1.165) is 11.8 Å². The number of benzene rings is 2. The van der Waals surface area contributed by atoms with Crippen molar-refractivity contribution >= 4 is 21.7 Å². The highest BCUT2D eigenvalue weighted by molar-refractivity contribution is 7.90. The fourth-order valence-corrected chi connectivity index (χ4v) is 3.38. The molecule has 0 heterocycles. The van der Waals surface area contributed by atoms with Gasteiger partial charge in [-0.1, -0.05) is 24.3 Å². The van der Waals surface area contributed by atoms with Gasteiger partial charge in [0.15, 0.2) is 9.84 Å². The second kappa shape index (κ2) is 9.56. The van der Waals surface area contributed by atoms with Crippen LogP contribution in [-0.4, -0.2) is 51.6 Å². The number of nitrogens with zero attached hydrogens (tertiary/aromatic N) is 1. The van der Waals surface area contributed by atoms with E-state index in [1.807, 2.05) is 13.8 Å². The van der Waals surface area contributed by atoms with Crippen LogP contribution in [0.3, 0.4) is 0 Å². The van der Waals surface area contributed by atoms with E-state index in [-0.39, 0.29) is 29.3 Å². The van der Waals surface area contributed by atoms with Gasteiger partial charge in [0.2, 0.25) is 5.91 Å². The number of likely N-dealkylation sites (N-methyl/N-ethyl adjacent to an activating group) is 1. The van der Waals surface area contributed by atoms with E-state index in [2.05, 4.69) is 5.32 Å². The van der Waals surface area contributed by atoms with Gasteiger partial charge in [0.05, 0.1) is 29.7 Å². The van der Waals surface area contributed by atoms with Crippen LogP contribution in [0.1, 0.15) is 35.8 Å². The Bertz CT molecular complexity index is 971. The number of carbonyl (C=O) groups excluding carboxylic acids is 2. The topological polar surface area (TPSA) is 92.8 Å². The lowest BCUT2D eigenvalue weighted by Crippen LogP contribution is -2.39. The van der Waals surface area contributed by atoms with Crippen molar-refractivity contribution in [2.24, 2.45) is 0 Å². The minimum absolute atomic E-state index is 0.165. The molecule has 1 unspecified atom stereocenters. The van der Waals surface area contributed by atoms with E-state index in [1.54, 1.807) is 43.4 Å². The Morgan fingerprint density at radius 3 is 2.31 bits per heavy atom. The van der Waals surface area contributed by atoms with Crippen molar-refractivity contribution in [3.05, 3.63) is 59.7 Å². The molecule has 156 valence electrons. The number of sulfone groups is 1. The fourth-order valence-electron chi connectivity index (χ4n) is 2.74. The summed E-state index contributed by atoms with van der Waals surface area (Å²) >= 11 is 0. The van der Waals surface area contributed by atoms with Crippen LogP contribution < -0.4 is 10.1 Å². The summed E-state index contributed by atoms with van der Waals surface area (Å²) in [5, 5.41) is 2.62. The average molecular weight is 419 g/mol. The third-order valence-corrected chi connectivity index (χ3v) is 5.73. The van der Waals surface area contributed by atoms with Gasteiger partial charge < -0.3 is 15.0 Å². The zero-order valence-electron chi connectivity index (χ0n) is 17.0. The number of hydrogen-bond donors (Lipinski definition) is 1. The number of carbonyl (C=O) groups is 2. The summed E-state index contributed by atoms with van der Waals surface area (Å²) in [6.07, 6.45) is 1.15. The van der Waals surface area contributed by atoms with E-state index in [4.69, 9.17) is 4.74 Å². The zero-order valence-corrected chi connectivity index (χ0v) is 17.8. The lowest BCUT2D eigenvalue weighted by Gasteiger charge is -2.25. The summed E-state index contributed by atoms with van der Waals surface area (Å²) < 4.78 is 28.6. The quantitative estimate of drug-likeness (QED) is 0.711. The maximum atomic E-state index is 12.5. The highest BCUT2D eigenvalue weighted by atomic mass is 32.2. The van der Waals surface area contributed by atoms with Crippen molar-refractivity contribution < 1.29 is 22.7 Å². The first-order valence-corrected chi connectivity index (χ1v) is 11.1. The first kappa shape index (κ1) is 22.4. The highest BCUT2D eigenvalue weighted by Gasteiger charge is 2.20. The predicted molar refractivity (Wildman–Crippen MR) is 111 cm³/mol. The van der Waals surface area contributed by atoms with Gasteiger partial charge in [-0.15, -0.1) is 0 Å². The molecular formula is C21H26N2O5S. The molecule has 0 aliphatic rings. The largest absolute Gasteiger partial charge is 0.493 e. The lowest BCUT2D eigenvalue weighted by atomic mass is 10.1. The van der Waals surface area contributed by atoms with Gasteiger partial charge in [-0.25, -0.2) is 8.42 Å². The Hall–Kier alpha value is -2.87. The van der Waals surface area contributed by atoms with Crippen molar-refractivity contribution in [3.63, 3.8) is 0 Å². The Labute approximate surface area is 171 Å². The predicted octanol–water partition coefficient (Wildman–Crippen LogP) is 2.44. The highest BCUT2D eigenvalue weighted by Crippen LogP contribution is 2.21. The number of para-hydroxylation sites is 1. The van der Waals surface area contributed by atoms with Gasteiger partial charge in [-0.2, -0.15) is 0 Å². The van der Waals surface area contributed by atoms with Crippen LogP contribution in [0, 0.1) is 0 Å². The van der Waals surface area contributed by atoms with Gasteiger partial charge in [-0.05, 0) is 43.7 Å². The molecule has 2 aromatic carbocycles. The minimum atomic E-state index is -3.27. The van der Waals surface area contributed by atoms with Gasteiger partial charge in [0, 0.05) is 13.3 Å². The SMILES string of the molecule is CCOc1ccccc1C(=O)NCC(=O)N(C)C(C)c1ccc(S(C)(=O)=O)cc1. The summed E-state index contributed by atoms with van der Waals surface area (Å²) in [4.78, 5) is 26.7. The molecule has 0 fully saturated rings. The van der Waals surface area contributed by atoms with E-state index in [9.17, 15) is 18.0 Å². The Balaban J connectivity index is 2.00. The third-order valence-electron chi connectivity index (χ3n) is 4.60. The summed E-state index contributed by atoms with van der Waals surface area (Å²) in [5.41, 5.74) is 1.16. The van der Waals surface area contributed by atoms with Crippen molar-refractivity contribution in [1.82, 2.24) is 10.2 Å². The Morgan fingerprint density at radius 2 is 1.72 bits per heavy atom. The van der Waals surface area contributed by atoms with Crippen LogP contribution in [-0.2, 0) is 14.6 Å². The molecule has 29 heavy (non-hydrogen) atoms. The monoisotopic (exact) mass is 418 g/mol. The van der Waals surface area contributed by atoms with E-state index < -0.39 is 9.84 Å². The molecule has 1 atom stereocenters. The molecular weight excluding hydrogens is 392 g/mol. The summed E-state index contributed by atoms with van der Waals surface area (Å²) in [6.45, 7) is 3.93. The maximum Gasteiger partial charge on any atom is 0.255 e. The molecule has 1 N–H and O–H groups in total. The molecule has 0 spiro atoms. The number of amides is 2. The van der Waals surface area contributed by atoms with E-state index in [1.165, 1.54) is 17.0 Å². The molecule has 0 saturated heterocycles. The average Bonchev–Trinajstić information content (AvgIpc) is 2.70. The molecule has 0 aliphatic heterocycles. The zero-order chi connectivity index (χ0) is 21.6. The lowest BCUT2D eigenvalue weighted by molar-refractivity contribution is -0.130. The smallest absolute Gasteiger partial charge is 0.255 e. The normalized spacial score (nSPS) is 12.1. The van der Waals surface area contributed by atoms with E-state index >= 15 is 0 Å². The molecule has 7 nitrogen and oxygen atoms in total. The van der Waals surface area contributed by atoms with Gasteiger partial charge >= 0.3 is 0 Å². The summed E-state index contributed by atoms with van der Waals surface area (Å²) in [6, 6.07) is 13.0. The van der Waals surface area contributed by atoms with Crippen molar-refractivity contribution in [2.75, 3.05) is 26.5 Å². The minimum Gasteiger partial charge on any atom is -0.493 e. The van der Waals surface area contributed by atoms with Crippen LogP contribution >= 0.6 is 0 Å². The molecule has 2 rings (SSSR count). The van der Waals surface area contributed by atoms with Crippen molar-refractivity contribution in [3.8, 4) is 5.75 Å². The molecule has 2 amide bonds. The number of hydrogen-bond acceptors (Lipinski definition) is 5. The number of ether oxygens (including phenoxy) is 1. The van der Waals surface area contributed by atoms with Gasteiger partial charge in [0.25, 0.3) is 5.91 Å². The van der Waals surface area contributed by atoms with Gasteiger partial charge in [-0.3, -0.25) is 9.59 Å². The fraction of sp³-hybridized carbons (Fsp3) is 0.333. The molecule has 0 aromatic heterocycles. The van der Waals surface area contributed by atoms with Crippen molar-refractivity contribution in [1.29, 1.82) is 0 Å². The standard InChI is InChI=1S/C21H26N2O5S/c1-5-28-19-9-7-6-8-18(19)21(25)22-14-20(24)23(3)15(2)16-10-12-17(13-11-16)29(4,26)27/h6-13,15H,5,14H2,1-4H3,(H,22,25). The Morgan fingerprint density at radius 1 is 1.10 bits per heavy atom. The molecule has 0 saturated carbocycles. The molecule has 0 radical (unpaired) electrons. The maximum absolute atomic E-state index is 12.5. The van der Waals surface area contributed by atoms with Crippen LogP contribution in [0.2, 0.25) is 0 Å². The molecule has 8 heteroatoms. The summed E-state index contributed by atoms with van der Waals surface area (Å²) in [7, 11) is -1.64. The second-order valence-corrected chi connectivity index (χ2v) is 8.65. The van der Waals surface area contributed by atoms with Crippen LogP contribution in [0.5, 0.6) is 5.75 Å². The van der Waals surface area contributed by atoms with Crippen molar-refractivity contribution in [2.45, 2.75) is 24.8 Å². The Kier molecular flexibility index (Phi) is 7.39. The van der Waals surface area contributed by atoms with Crippen LogP contribution in [0.25, 0.3) is 0 Å². The third kappa shape index (κ3) is 5.80. The number of rotatable bonds is 8. The molecule has 2 aromatic rings. The number of nitrogens with one attached hydrogen (secondary N) is 1. The van der Waals surface area contributed by atoms with Crippen LogP contribution in [0.4, 0.5) is 0 Å². The first-order chi connectivity index (χ1) is 13.6. The second-order valence-electron chi connectivity index (χ2n) is 6.63. The van der Waals surface area contributed by atoms with Gasteiger partial charge in [0.1, 0.15) is 5.75 Å². The molecule has 0 aliphatic carbocycles. The molecule has 0 bridgehead atoms. The summed E-state index contributed by atoms with van der Waals surface area (Å²) in [5.74, 6) is -0.194. The first-order valence-electron chi connectivity index (χ1n) is 9.20.